The number of nitrogens with zero attached hydrogens (tertiary/aromatic N) is 1. The zero-order chi connectivity index (χ0) is 16.0. The van der Waals surface area contributed by atoms with Crippen LogP contribution in [0.3, 0.4) is 0 Å². The molecule has 0 aliphatic rings. The van der Waals surface area contributed by atoms with E-state index in [9.17, 15) is 9.59 Å². The second-order valence-electron chi connectivity index (χ2n) is 5.46. The Morgan fingerprint density at radius 1 is 1.38 bits per heavy atom. The maximum Gasteiger partial charge on any atom is 0.330 e. The third kappa shape index (κ3) is 4.63. The van der Waals surface area contributed by atoms with Crippen molar-refractivity contribution in [2.75, 3.05) is 24.8 Å². The second-order valence-corrected chi connectivity index (χ2v) is 5.46. The lowest BCUT2D eigenvalue weighted by Gasteiger charge is -2.20. The molecule has 0 aliphatic heterocycles. The highest BCUT2D eigenvalue weighted by molar-refractivity contribution is 5.60. The third-order valence-corrected chi connectivity index (χ3v) is 3.60. The number of hydrogen-bond acceptors (Lipinski definition) is 5. The first-order chi connectivity index (χ1) is 9.90. The molecule has 0 aromatic carbocycles. The summed E-state index contributed by atoms with van der Waals surface area (Å²) in [4.78, 5) is 26.0. The molecule has 21 heavy (non-hydrogen) atoms. The van der Waals surface area contributed by atoms with Crippen molar-refractivity contribution in [2.24, 2.45) is 5.92 Å². The molecule has 7 heteroatoms. The van der Waals surface area contributed by atoms with E-state index in [-0.39, 0.29) is 17.5 Å². The summed E-state index contributed by atoms with van der Waals surface area (Å²) in [6.07, 6.45) is 2.00. The number of aromatic amines is 1. The molecule has 7 nitrogen and oxygen atoms in total. The fourth-order valence-electron chi connectivity index (χ4n) is 2.21. The zero-order valence-corrected chi connectivity index (χ0v) is 13.2. The lowest BCUT2D eigenvalue weighted by molar-refractivity contribution is 0.186. The number of nitrogen functional groups attached to an aromatic ring is 1. The third-order valence-electron chi connectivity index (χ3n) is 3.60. The molecule has 2 unspecified atom stereocenters. The van der Waals surface area contributed by atoms with Crippen LogP contribution in [0, 0.1) is 5.92 Å². The zero-order valence-electron chi connectivity index (χ0n) is 13.2. The van der Waals surface area contributed by atoms with Crippen LogP contribution in [0.5, 0.6) is 0 Å². The highest BCUT2D eigenvalue weighted by Gasteiger charge is 2.15. The van der Waals surface area contributed by atoms with E-state index in [0.29, 0.717) is 19.1 Å². The van der Waals surface area contributed by atoms with Crippen LogP contribution >= 0.6 is 0 Å². The van der Waals surface area contributed by atoms with Crippen LogP contribution in [0.4, 0.5) is 11.5 Å². The summed E-state index contributed by atoms with van der Waals surface area (Å²) in [7, 11) is 1.54. The number of hydrogen-bond donors (Lipinski definition) is 3. The Morgan fingerprint density at radius 3 is 2.62 bits per heavy atom. The van der Waals surface area contributed by atoms with E-state index in [1.807, 2.05) is 6.92 Å². The molecule has 1 rings (SSSR count). The van der Waals surface area contributed by atoms with Crippen molar-refractivity contribution >= 4 is 11.5 Å². The van der Waals surface area contributed by atoms with E-state index in [4.69, 9.17) is 10.5 Å². The lowest BCUT2D eigenvalue weighted by atomic mass is 10.0. The number of rotatable bonds is 8. The normalized spacial score (nSPS) is 13.9. The molecule has 2 atom stereocenters. The minimum absolute atomic E-state index is 0.0942. The van der Waals surface area contributed by atoms with Crippen molar-refractivity contribution in [2.45, 2.75) is 46.2 Å². The fourth-order valence-corrected chi connectivity index (χ4v) is 2.21. The Kier molecular flexibility index (Phi) is 6.48. The van der Waals surface area contributed by atoms with E-state index in [0.717, 1.165) is 12.8 Å². The van der Waals surface area contributed by atoms with Crippen LogP contribution in [-0.2, 0) is 11.3 Å². The van der Waals surface area contributed by atoms with Crippen LogP contribution in [0.2, 0.25) is 0 Å². The van der Waals surface area contributed by atoms with Gasteiger partial charge in [-0.1, -0.05) is 20.3 Å². The van der Waals surface area contributed by atoms with Gasteiger partial charge in [0.15, 0.2) is 0 Å². The standard InChI is InChI=1S/C14H26N4O3/c1-5-9(2)8-10(3)16-11-12(15)18(6-7-21-4)14(20)17-13(11)19/h9-10,16H,5-8,15H2,1-4H3,(H,17,19,20). The lowest BCUT2D eigenvalue weighted by Crippen LogP contribution is -2.36. The number of aromatic nitrogens is 2. The van der Waals surface area contributed by atoms with Gasteiger partial charge >= 0.3 is 5.69 Å². The van der Waals surface area contributed by atoms with Gasteiger partial charge in [-0.05, 0) is 19.3 Å². The van der Waals surface area contributed by atoms with Crippen LogP contribution in [0.25, 0.3) is 0 Å². The monoisotopic (exact) mass is 298 g/mol. The van der Waals surface area contributed by atoms with Gasteiger partial charge in [0.1, 0.15) is 11.5 Å². The largest absolute Gasteiger partial charge is 0.383 e. The van der Waals surface area contributed by atoms with E-state index in [2.05, 4.69) is 24.1 Å². The molecule has 0 bridgehead atoms. The molecule has 0 aliphatic carbocycles. The fraction of sp³-hybridized carbons (Fsp3) is 0.714. The molecule has 0 amide bonds. The van der Waals surface area contributed by atoms with Crippen molar-refractivity contribution in [1.82, 2.24) is 9.55 Å². The van der Waals surface area contributed by atoms with E-state index in [1.54, 1.807) is 7.11 Å². The Morgan fingerprint density at radius 2 is 2.05 bits per heavy atom. The number of anilines is 2. The number of methoxy groups -OCH3 is 1. The Hall–Kier alpha value is -1.76. The topological polar surface area (TPSA) is 102 Å². The van der Waals surface area contributed by atoms with Gasteiger partial charge in [0, 0.05) is 13.2 Å². The molecule has 1 heterocycles. The Balaban J connectivity index is 3.01. The molecule has 0 fully saturated rings. The minimum Gasteiger partial charge on any atom is -0.383 e. The quantitative estimate of drug-likeness (QED) is 0.664. The molecule has 0 saturated heterocycles. The molecule has 1 aromatic heterocycles. The van der Waals surface area contributed by atoms with Gasteiger partial charge in [-0.25, -0.2) is 4.79 Å². The SMILES string of the molecule is CCC(C)CC(C)Nc1c(N)n(CCOC)c(=O)[nH]c1=O. The van der Waals surface area contributed by atoms with Crippen molar-refractivity contribution in [1.29, 1.82) is 0 Å². The van der Waals surface area contributed by atoms with Crippen molar-refractivity contribution in [3.8, 4) is 0 Å². The van der Waals surface area contributed by atoms with Gasteiger partial charge < -0.3 is 15.8 Å². The van der Waals surface area contributed by atoms with Gasteiger partial charge in [-0.2, -0.15) is 0 Å². The average Bonchev–Trinajstić information content (AvgIpc) is 2.43. The van der Waals surface area contributed by atoms with Gasteiger partial charge in [-0.3, -0.25) is 14.3 Å². The number of nitrogens with one attached hydrogen (secondary N) is 2. The first kappa shape index (κ1) is 17.3. The summed E-state index contributed by atoms with van der Waals surface area (Å²) in [5, 5.41) is 3.12. The maximum atomic E-state index is 11.9. The van der Waals surface area contributed by atoms with Crippen LogP contribution in [0.1, 0.15) is 33.6 Å². The Labute approximate surface area is 124 Å². The van der Waals surface area contributed by atoms with Crippen molar-refractivity contribution in [3.63, 3.8) is 0 Å². The Bertz CT molecular complexity index is 564. The molecular weight excluding hydrogens is 272 g/mol. The van der Waals surface area contributed by atoms with Gasteiger partial charge in [0.2, 0.25) is 0 Å². The average molecular weight is 298 g/mol. The molecular formula is C14H26N4O3. The number of H-pyrrole nitrogens is 1. The molecule has 4 N–H and O–H groups in total. The summed E-state index contributed by atoms with van der Waals surface area (Å²) < 4.78 is 6.26. The smallest absolute Gasteiger partial charge is 0.330 e. The summed E-state index contributed by atoms with van der Waals surface area (Å²) >= 11 is 0. The highest BCUT2D eigenvalue weighted by Crippen LogP contribution is 2.16. The molecule has 1 aromatic rings. The summed E-state index contributed by atoms with van der Waals surface area (Å²) in [6.45, 7) is 6.93. The predicted molar refractivity (Wildman–Crippen MR) is 84.8 cm³/mol. The summed E-state index contributed by atoms with van der Waals surface area (Å²) in [5.41, 5.74) is 5.21. The van der Waals surface area contributed by atoms with E-state index >= 15 is 0 Å². The maximum absolute atomic E-state index is 11.9. The van der Waals surface area contributed by atoms with Crippen molar-refractivity contribution < 1.29 is 4.74 Å². The van der Waals surface area contributed by atoms with E-state index in [1.165, 1.54) is 4.57 Å². The summed E-state index contributed by atoms with van der Waals surface area (Å²) in [6, 6.07) is 0.0942. The van der Waals surface area contributed by atoms with Gasteiger partial charge in [-0.15, -0.1) is 0 Å². The van der Waals surface area contributed by atoms with Crippen molar-refractivity contribution in [3.05, 3.63) is 20.8 Å². The number of ether oxygens (including phenoxy) is 1. The highest BCUT2D eigenvalue weighted by atomic mass is 16.5. The molecule has 0 radical (unpaired) electrons. The first-order valence-corrected chi connectivity index (χ1v) is 7.28. The van der Waals surface area contributed by atoms with Crippen LogP contribution < -0.4 is 22.3 Å². The van der Waals surface area contributed by atoms with Crippen LogP contribution in [0.15, 0.2) is 9.59 Å². The van der Waals surface area contributed by atoms with E-state index < -0.39 is 11.2 Å². The minimum atomic E-state index is -0.519. The molecule has 120 valence electrons. The molecule has 0 spiro atoms. The van der Waals surface area contributed by atoms with Gasteiger partial charge in [0.25, 0.3) is 5.56 Å². The second kappa shape index (κ2) is 7.87. The summed E-state index contributed by atoms with van der Waals surface area (Å²) in [5.74, 6) is 0.698. The molecule has 0 saturated carbocycles. The predicted octanol–water partition coefficient (Wildman–Crippen LogP) is 1.00. The van der Waals surface area contributed by atoms with Gasteiger partial charge in [0.05, 0.1) is 13.2 Å². The first-order valence-electron chi connectivity index (χ1n) is 7.28. The van der Waals surface area contributed by atoms with Crippen LogP contribution in [-0.4, -0.2) is 29.3 Å². The number of nitrogens with two attached hydrogens (primary N) is 1.